The highest BCUT2D eigenvalue weighted by molar-refractivity contribution is 5.94. The average Bonchev–Trinajstić information content (AvgIpc) is 3.53. The molecule has 0 unspecified atom stereocenters. The normalized spacial score (nSPS) is 13.3. The molecule has 7 nitrogen and oxygen atoms in total. The molecule has 0 radical (unpaired) electrons. The molecule has 0 spiro atoms. The number of ether oxygens (including phenoxy) is 1. The van der Waals surface area contributed by atoms with Crippen LogP contribution < -0.4 is 15.4 Å². The molecule has 2 N–H and O–H groups in total. The Hall–Kier alpha value is -3.35. The van der Waals surface area contributed by atoms with E-state index in [0.717, 1.165) is 29.7 Å². The third-order valence-electron chi connectivity index (χ3n) is 4.97. The highest BCUT2D eigenvalue weighted by atomic mass is 16.5. The van der Waals surface area contributed by atoms with Crippen molar-refractivity contribution >= 4 is 28.5 Å². The van der Waals surface area contributed by atoms with Gasteiger partial charge in [0, 0.05) is 31.6 Å². The molecular weight excluding hydrogens is 368 g/mol. The van der Waals surface area contributed by atoms with Crippen LogP contribution in [0.4, 0.5) is 5.69 Å². The largest absolute Gasteiger partial charge is 0.484 e. The van der Waals surface area contributed by atoms with Gasteiger partial charge < -0.3 is 19.9 Å². The first kappa shape index (κ1) is 19.0. The number of aryl methyl sites for hydroxylation is 1. The number of benzene rings is 2. The van der Waals surface area contributed by atoms with E-state index in [2.05, 4.69) is 15.6 Å². The van der Waals surface area contributed by atoms with E-state index in [9.17, 15) is 9.59 Å². The van der Waals surface area contributed by atoms with E-state index in [1.807, 2.05) is 60.1 Å². The summed E-state index contributed by atoms with van der Waals surface area (Å²) in [5, 5.41) is 5.81. The van der Waals surface area contributed by atoms with Gasteiger partial charge in [0.1, 0.15) is 11.6 Å². The first-order valence-corrected chi connectivity index (χ1v) is 9.81. The van der Waals surface area contributed by atoms with Crippen LogP contribution in [-0.4, -0.2) is 34.5 Å². The van der Waals surface area contributed by atoms with Gasteiger partial charge in [0.25, 0.3) is 5.91 Å². The van der Waals surface area contributed by atoms with Gasteiger partial charge in [-0.1, -0.05) is 18.2 Å². The molecule has 1 fully saturated rings. The molecule has 0 aliphatic heterocycles. The molecule has 1 saturated carbocycles. The van der Waals surface area contributed by atoms with Crippen molar-refractivity contribution < 1.29 is 14.3 Å². The predicted octanol–water partition coefficient (Wildman–Crippen LogP) is 2.66. The van der Waals surface area contributed by atoms with Gasteiger partial charge in [0.05, 0.1) is 11.0 Å². The molecular formula is C22H24N4O3. The summed E-state index contributed by atoms with van der Waals surface area (Å²) in [4.78, 5) is 28.6. The Morgan fingerprint density at radius 2 is 1.97 bits per heavy atom. The van der Waals surface area contributed by atoms with Crippen LogP contribution in [0.3, 0.4) is 0 Å². The number of hydrogen-bond donors (Lipinski definition) is 2. The number of nitrogens with one attached hydrogen (secondary N) is 2. The van der Waals surface area contributed by atoms with Crippen LogP contribution in [-0.2, 0) is 23.1 Å². The Balaban J connectivity index is 1.35. The third-order valence-corrected chi connectivity index (χ3v) is 4.97. The lowest BCUT2D eigenvalue weighted by atomic mass is 10.2. The minimum atomic E-state index is -0.229. The summed E-state index contributed by atoms with van der Waals surface area (Å²) in [7, 11) is 1.96. The number of anilines is 1. The van der Waals surface area contributed by atoms with E-state index in [1.54, 1.807) is 0 Å². The number of carbonyl (C=O) groups is 2. The van der Waals surface area contributed by atoms with Crippen LogP contribution in [0.15, 0.2) is 48.5 Å². The second-order valence-electron chi connectivity index (χ2n) is 7.26. The fourth-order valence-electron chi connectivity index (χ4n) is 3.20. The van der Waals surface area contributed by atoms with Gasteiger partial charge in [0.2, 0.25) is 5.91 Å². The van der Waals surface area contributed by atoms with E-state index in [1.165, 1.54) is 0 Å². The maximum atomic E-state index is 12.2. The van der Waals surface area contributed by atoms with Crippen molar-refractivity contribution in [2.24, 2.45) is 13.0 Å². The minimum absolute atomic E-state index is 0.0593. The number of carbonyl (C=O) groups excluding carboxylic acids is 2. The zero-order chi connectivity index (χ0) is 20.2. The number of imidazole rings is 1. The summed E-state index contributed by atoms with van der Waals surface area (Å²) >= 11 is 0. The second-order valence-corrected chi connectivity index (χ2v) is 7.26. The Morgan fingerprint density at radius 1 is 1.17 bits per heavy atom. The monoisotopic (exact) mass is 392 g/mol. The smallest absolute Gasteiger partial charge is 0.262 e. The SMILES string of the molecule is Cn1c(CCNC(=O)C2CC2)nc2cc(NC(=O)COc3ccccc3)ccc21. The van der Waals surface area contributed by atoms with Crippen molar-refractivity contribution in [2.75, 3.05) is 18.5 Å². The molecule has 0 atom stereocenters. The topological polar surface area (TPSA) is 85.3 Å². The molecule has 0 bridgehead atoms. The molecule has 7 heteroatoms. The van der Waals surface area contributed by atoms with Gasteiger partial charge in [-0.05, 0) is 43.2 Å². The first-order chi connectivity index (χ1) is 14.1. The average molecular weight is 392 g/mol. The van der Waals surface area contributed by atoms with Crippen LogP contribution in [0.5, 0.6) is 5.75 Å². The molecule has 29 heavy (non-hydrogen) atoms. The molecule has 4 rings (SSSR count). The highest BCUT2D eigenvalue weighted by Crippen LogP contribution is 2.28. The number of hydrogen-bond acceptors (Lipinski definition) is 4. The predicted molar refractivity (Wildman–Crippen MR) is 111 cm³/mol. The number of fused-ring (bicyclic) bond motifs is 1. The molecule has 1 aliphatic rings. The molecule has 0 saturated heterocycles. The van der Waals surface area contributed by atoms with Crippen LogP contribution in [0.25, 0.3) is 11.0 Å². The maximum Gasteiger partial charge on any atom is 0.262 e. The van der Waals surface area contributed by atoms with Crippen LogP contribution in [0, 0.1) is 5.92 Å². The van der Waals surface area contributed by atoms with Gasteiger partial charge in [-0.3, -0.25) is 9.59 Å². The van der Waals surface area contributed by atoms with Gasteiger partial charge in [0.15, 0.2) is 6.61 Å². The molecule has 2 aromatic carbocycles. The summed E-state index contributed by atoms with van der Waals surface area (Å²) in [6.45, 7) is 0.517. The lowest BCUT2D eigenvalue weighted by Crippen LogP contribution is -2.27. The lowest BCUT2D eigenvalue weighted by Gasteiger charge is -2.07. The highest BCUT2D eigenvalue weighted by Gasteiger charge is 2.29. The van der Waals surface area contributed by atoms with Crippen molar-refractivity contribution in [2.45, 2.75) is 19.3 Å². The standard InChI is InChI=1S/C22H24N4O3/c1-26-19-10-9-16(24-21(27)14-29-17-5-3-2-4-6-17)13-18(19)25-20(26)11-12-23-22(28)15-7-8-15/h2-6,9-10,13,15H,7-8,11-12,14H2,1H3,(H,23,28)(H,24,27). The first-order valence-electron chi connectivity index (χ1n) is 9.81. The summed E-state index contributed by atoms with van der Waals surface area (Å²) in [6.07, 6.45) is 2.67. The van der Waals surface area contributed by atoms with E-state index in [4.69, 9.17) is 4.74 Å². The number of nitrogens with zero attached hydrogens (tertiary/aromatic N) is 2. The van der Waals surface area contributed by atoms with Gasteiger partial charge in [-0.15, -0.1) is 0 Å². The zero-order valence-corrected chi connectivity index (χ0v) is 16.4. The van der Waals surface area contributed by atoms with Crippen molar-refractivity contribution in [1.82, 2.24) is 14.9 Å². The van der Waals surface area contributed by atoms with Crippen LogP contribution in [0.1, 0.15) is 18.7 Å². The Kier molecular flexibility index (Phi) is 5.46. The Morgan fingerprint density at radius 3 is 2.72 bits per heavy atom. The number of para-hydroxylation sites is 1. The molecule has 150 valence electrons. The molecule has 3 aromatic rings. The summed E-state index contributed by atoms with van der Waals surface area (Å²) in [5.41, 5.74) is 2.45. The van der Waals surface area contributed by atoms with Crippen molar-refractivity contribution in [3.8, 4) is 5.75 Å². The van der Waals surface area contributed by atoms with Gasteiger partial charge >= 0.3 is 0 Å². The van der Waals surface area contributed by atoms with E-state index >= 15 is 0 Å². The van der Waals surface area contributed by atoms with Gasteiger partial charge in [-0.25, -0.2) is 4.98 Å². The summed E-state index contributed by atoms with van der Waals surface area (Å²) < 4.78 is 7.49. The zero-order valence-electron chi connectivity index (χ0n) is 16.4. The lowest BCUT2D eigenvalue weighted by molar-refractivity contribution is -0.122. The molecule has 1 aromatic heterocycles. The number of aromatic nitrogens is 2. The molecule has 1 aliphatic carbocycles. The summed E-state index contributed by atoms with van der Waals surface area (Å²) in [6, 6.07) is 14.9. The second kappa shape index (κ2) is 8.34. The van der Waals surface area contributed by atoms with Crippen molar-refractivity contribution in [3.63, 3.8) is 0 Å². The van der Waals surface area contributed by atoms with E-state index < -0.39 is 0 Å². The minimum Gasteiger partial charge on any atom is -0.484 e. The quantitative estimate of drug-likeness (QED) is 0.617. The van der Waals surface area contributed by atoms with Crippen molar-refractivity contribution in [1.29, 1.82) is 0 Å². The fraction of sp³-hybridized carbons (Fsp3) is 0.318. The Bertz CT molecular complexity index is 1030. The van der Waals surface area contributed by atoms with Crippen LogP contribution in [0.2, 0.25) is 0 Å². The van der Waals surface area contributed by atoms with Gasteiger partial charge in [-0.2, -0.15) is 0 Å². The van der Waals surface area contributed by atoms with Crippen LogP contribution >= 0.6 is 0 Å². The van der Waals surface area contributed by atoms with E-state index in [-0.39, 0.29) is 24.3 Å². The van der Waals surface area contributed by atoms with Crippen molar-refractivity contribution in [3.05, 3.63) is 54.4 Å². The number of rotatable bonds is 8. The molecule has 2 amide bonds. The summed E-state index contributed by atoms with van der Waals surface area (Å²) in [5.74, 6) is 1.68. The Labute approximate surface area is 169 Å². The number of amides is 2. The third kappa shape index (κ3) is 4.74. The fourth-order valence-corrected chi connectivity index (χ4v) is 3.20. The molecule has 1 heterocycles. The maximum absolute atomic E-state index is 12.2. The van der Waals surface area contributed by atoms with E-state index in [0.29, 0.717) is 24.4 Å².